The van der Waals surface area contributed by atoms with Crippen LogP contribution in [0.1, 0.15) is 25.7 Å². The molecule has 0 saturated heterocycles. The fourth-order valence-corrected chi connectivity index (χ4v) is 2.71. The number of nitrogens with two attached hydrogens (primary N) is 1. The van der Waals surface area contributed by atoms with Crippen molar-refractivity contribution in [3.05, 3.63) is 20.9 Å². The van der Waals surface area contributed by atoms with Crippen LogP contribution in [0.25, 0.3) is 0 Å². The lowest BCUT2D eigenvalue weighted by molar-refractivity contribution is -0.120. The number of nitrogens with zero attached hydrogens (tertiary/aromatic N) is 1. The molecule has 1 fully saturated rings. The average molecular weight is 380 g/mol. The van der Waals surface area contributed by atoms with Crippen LogP contribution in [-0.2, 0) is 4.79 Å². The number of nitrogens with one attached hydrogen (secondary N) is 1. The second-order valence-corrected chi connectivity index (χ2v) is 6.17. The van der Waals surface area contributed by atoms with Crippen molar-refractivity contribution in [3.8, 4) is 0 Å². The molecule has 1 heterocycles. The van der Waals surface area contributed by atoms with Gasteiger partial charge in [0.2, 0.25) is 5.91 Å². The molecule has 1 aromatic heterocycles. The quantitative estimate of drug-likeness (QED) is 0.777. The zero-order valence-corrected chi connectivity index (χ0v) is 12.7. The van der Waals surface area contributed by atoms with Crippen LogP contribution in [0.5, 0.6) is 0 Å². The SMILES string of the molecule is N[C@@H]1CCC[C@H](C(=O)Nc2cc(I)c(Cl)cn2)C1. The summed E-state index contributed by atoms with van der Waals surface area (Å²) in [4.78, 5) is 16.2. The highest BCUT2D eigenvalue weighted by molar-refractivity contribution is 14.1. The molecule has 0 spiro atoms. The van der Waals surface area contributed by atoms with Crippen molar-refractivity contribution in [2.24, 2.45) is 11.7 Å². The summed E-state index contributed by atoms with van der Waals surface area (Å²) in [6.45, 7) is 0. The lowest BCUT2D eigenvalue weighted by Crippen LogP contribution is -2.34. The number of halogens is 2. The smallest absolute Gasteiger partial charge is 0.228 e. The first-order chi connectivity index (χ1) is 8.56. The van der Waals surface area contributed by atoms with Gasteiger partial charge in [0.05, 0.1) is 5.02 Å². The summed E-state index contributed by atoms with van der Waals surface area (Å²) in [5, 5.41) is 3.42. The van der Waals surface area contributed by atoms with Gasteiger partial charge >= 0.3 is 0 Å². The highest BCUT2D eigenvalue weighted by Gasteiger charge is 2.25. The maximum atomic E-state index is 12.1. The summed E-state index contributed by atoms with van der Waals surface area (Å²) in [6.07, 6.45) is 5.25. The number of anilines is 1. The number of hydrogen-bond acceptors (Lipinski definition) is 3. The Morgan fingerprint density at radius 2 is 2.33 bits per heavy atom. The molecule has 1 aliphatic carbocycles. The molecule has 98 valence electrons. The van der Waals surface area contributed by atoms with Crippen LogP contribution in [-0.4, -0.2) is 16.9 Å². The van der Waals surface area contributed by atoms with Crippen molar-refractivity contribution in [2.45, 2.75) is 31.7 Å². The van der Waals surface area contributed by atoms with Gasteiger partial charge < -0.3 is 11.1 Å². The number of pyridine rings is 1. The summed E-state index contributed by atoms with van der Waals surface area (Å²) in [7, 11) is 0. The van der Waals surface area contributed by atoms with Crippen molar-refractivity contribution in [1.82, 2.24) is 4.98 Å². The summed E-state index contributed by atoms with van der Waals surface area (Å²) in [5.41, 5.74) is 5.89. The standard InChI is InChI=1S/C12H15ClIN3O/c13-9-6-16-11(5-10(9)14)17-12(18)7-2-1-3-8(15)4-7/h5-8H,1-4,15H2,(H,16,17,18)/t7-,8+/m0/s1. The Balaban J connectivity index is 2.00. The third-order valence-corrected chi connectivity index (χ3v) is 4.66. The van der Waals surface area contributed by atoms with Gasteiger partial charge in [-0.3, -0.25) is 4.79 Å². The van der Waals surface area contributed by atoms with E-state index in [0.717, 1.165) is 29.3 Å². The fraction of sp³-hybridized carbons (Fsp3) is 0.500. The molecule has 0 unspecified atom stereocenters. The molecule has 0 bridgehead atoms. The molecule has 0 radical (unpaired) electrons. The molecule has 1 amide bonds. The molecule has 18 heavy (non-hydrogen) atoms. The predicted octanol–water partition coefficient (Wildman–Crippen LogP) is 2.80. The van der Waals surface area contributed by atoms with Crippen molar-refractivity contribution >= 4 is 45.9 Å². The van der Waals surface area contributed by atoms with Gasteiger partial charge in [-0.05, 0) is 47.9 Å². The summed E-state index contributed by atoms with van der Waals surface area (Å²) in [6, 6.07) is 1.91. The molecule has 2 atom stereocenters. The number of rotatable bonds is 2. The van der Waals surface area contributed by atoms with Crippen molar-refractivity contribution in [3.63, 3.8) is 0 Å². The van der Waals surface area contributed by atoms with Crippen LogP contribution in [0.15, 0.2) is 12.3 Å². The second-order valence-electron chi connectivity index (χ2n) is 4.60. The normalized spacial score (nSPS) is 23.7. The van der Waals surface area contributed by atoms with E-state index in [0.29, 0.717) is 10.8 Å². The Hall–Kier alpha value is -0.400. The maximum Gasteiger partial charge on any atom is 0.228 e. The Morgan fingerprint density at radius 3 is 3.00 bits per heavy atom. The molecule has 0 aliphatic heterocycles. The topological polar surface area (TPSA) is 68.0 Å². The Morgan fingerprint density at radius 1 is 1.56 bits per heavy atom. The first-order valence-electron chi connectivity index (χ1n) is 5.93. The van der Waals surface area contributed by atoms with E-state index in [9.17, 15) is 4.79 Å². The van der Waals surface area contributed by atoms with Crippen LogP contribution >= 0.6 is 34.2 Å². The van der Waals surface area contributed by atoms with Crippen LogP contribution in [0.3, 0.4) is 0 Å². The lowest BCUT2D eigenvalue weighted by atomic mass is 9.85. The van der Waals surface area contributed by atoms with Gasteiger partial charge in [-0.1, -0.05) is 18.0 Å². The fourth-order valence-electron chi connectivity index (χ4n) is 2.18. The van der Waals surface area contributed by atoms with Gasteiger partial charge in [0.1, 0.15) is 5.82 Å². The third-order valence-electron chi connectivity index (χ3n) is 3.15. The number of carbonyl (C=O) groups excluding carboxylic acids is 1. The van der Waals surface area contributed by atoms with E-state index in [4.69, 9.17) is 17.3 Å². The van der Waals surface area contributed by atoms with Gasteiger partial charge in [-0.2, -0.15) is 0 Å². The number of hydrogen-bond donors (Lipinski definition) is 2. The highest BCUT2D eigenvalue weighted by atomic mass is 127. The molecule has 0 aromatic carbocycles. The molecule has 2 rings (SSSR count). The summed E-state index contributed by atoms with van der Waals surface area (Å²) in [5.74, 6) is 0.563. The predicted molar refractivity (Wildman–Crippen MR) is 80.5 cm³/mol. The minimum Gasteiger partial charge on any atom is -0.328 e. The minimum atomic E-state index is 0.00360. The first-order valence-corrected chi connectivity index (χ1v) is 7.39. The molecule has 1 saturated carbocycles. The van der Waals surface area contributed by atoms with Crippen LogP contribution < -0.4 is 11.1 Å². The van der Waals surface area contributed by atoms with Crippen molar-refractivity contribution in [1.29, 1.82) is 0 Å². The van der Waals surface area contributed by atoms with Gasteiger partial charge in [0, 0.05) is 21.7 Å². The van der Waals surface area contributed by atoms with E-state index in [-0.39, 0.29) is 17.9 Å². The van der Waals surface area contributed by atoms with E-state index < -0.39 is 0 Å². The zero-order chi connectivity index (χ0) is 13.1. The molecule has 4 nitrogen and oxygen atoms in total. The van der Waals surface area contributed by atoms with Gasteiger partial charge in [-0.15, -0.1) is 0 Å². The van der Waals surface area contributed by atoms with E-state index in [2.05, 4.69) is 32.9 Å². The van der Waals surface area contributed by atoms with E-state index in [1.54, 1.807) is 12.3 Å². The van der Waals surface area contributed by atoms with Crippen LogP contribution in [0.4, 0.5) is 5.82 Å². The van der Waals surface area contributed by atoms with Crippen LogP contribution in [0, 0.1) is 9.49 Å². The monoisotopic (exact) mass is 379 g/mol. The summed E-state index contributed by atoms with van der Waals surface area (Å²) >= 11 is 8.00. The van der Waals surface area contributed by atoms with E-state index in [1.807, 2.05) is 0 Å². The molecule has 6 heteroatoms. The van der Waals surface area contributed by atoms with Gasteiger partial charge in [0.25, 0.3) is 0 Å². The summed E-state index contributed by atoms with van der Waals surface area (Å²) < 4.78 is 0.875. The van der Waals surface area contributed by atoms with Gasteiger partial charge in [0.15, 0.2) is 0 Å². The Bertz CT molecular complexity index is 455. The average Bonchev–Trinajstić information content (AvgIpc) is 2.34. The molecule has 1 aliphatic rings. The molecule has 1 aromatic rings. The lowest BCUT2D eigenvalue weighted by Gasteiger charge is -2.25. The van der Waals surface area contributed by atoms with Crippen molar-refractivity contribution < 1.29 is 4.79 Å². The van der Waals surface area contributed by atoms with Gasteiger partial charge in [-0.25, -0.2) is 4.98 Å². The molecular weight excluding hydrogens is 365 g/mol. The van der Waals surface area contributed by atoms with Crippen molar-refractivity contribution in [2.75, 3.05) is 5.32 Å². The first kappa shape index (κ1) is 14.0. The van der Waals surface area contributed by atoms with E-state index >= 15 is 0 Å². The number of aromatic nitrogens is 1. The largest absolute Gasteiger partial charge is 0.328 e. The number of carbonyl (C=O) groups is 1. The third kappa shape index (κ3) is 3.55. The minimum absolute atomic E-state index is 0.00360. The Labute approximate surface area is 125 Å². The Kier molecular flexibility index (Phi) is 4.80. The van der Waals surface area contributed by atoms with E-state index in [1.165, 1.54) is 0 Å². The zero-order valence-electron chi connectivity index (χ0n) is 9.83. The highest BCUT2D eigenvalue weighted by Crippen LogP contribution is 2.25. The number of amides is 1. The second kappa shape index (κ2) is 6.16. The molecular formula is C12H15ClIN3O. The molecule has 3 N–H and O–H groups in total. The maximum absolute atomic E-state index is 12.1. The van der Waals surface area contributed by atoms with Crippen LogP contribution in [0.2, 0.25) is 5.02 Å².